The molecule has 1 rings (SSSR count). The summed E-state index contributed by atoms with van der Waals surface area (Å²) in [4.78, 5) is 0. The summed E-state index contributed by atoms with van der Waals surface area (Å²) in [5, 5.41) is 7.06. The molecule has 0 fully saturated rings. The molecule has 1 heterocycles. The lowest BCUT2D eigenvalue weighted by Gasteiger charge is -2.15. The second-order valence-corrected chi connectivity index (χ2v) is 4.52. The first-order chi connectivity index (χ1) is 5.51. The van der Waals surface area contributed by atoms with Gasteiger partial charge in [-0.25, -0.2) is 0 Å². The molecule has 0 atom stereocenters. The normalized spacial score (nSPS) is 12.0. The van der Waals surface area contributed by atoms with Crippen LogP contribution >= 0.6 is 11.6 Å². The molecule has 1 N–H and O–H groups in total. The van der Waals surface area contributed by atoms with Crippen LogP contribution in [0.5, 0.6) is 0 Å². The van der Waals surface area contributed by atoms with E-state index in [9.17, 15) is 0 Å². The first kappa shape index (κ1) is 9.59. The zero-order valence-electron chi connectivity index (χ0n) is 7.82. The Labute approximate surface area is 78.3 Å². The summed E-state index contributed by atoms with van der Waals surface area (Å²) in [5.74, 6) is 0.511. The third kappa shape index (κ3) is 2.86. The standard InChI is InChI=1S/C9H15ClN2/c1-9(2,3)5-7-4-8(6-10)12-11-7/h4H,5-6H2,1-3H3,(H,11,12). The predicted octanol–water partition coefficient (Wildman–Crippen LogP) is 2.74. The van der Waals surface area contributed by atoms with E-state index in [2.05, 4.69) is 31.0 Å². The van der Waals surface area contributed by atoms with Crippen molar-refractivity contribution in [3.8, 4) is 0 Å². The first-order valence-corrected chi connectivity index (χ1v) is 4.64. The number of H-pyrrole nitrogens is 1. The molecular formula is C9H15ClN2. The Morgan fingerprint density at radius 1 is 1.50 bits per heavy atom. The first-order valence-electron chi connectivity index (χ1n) is 4.10. The van der Waals surface area contributed by atoms with E-state index in [0.29, 0.717) is 11.3 Å². The third-order valence-electron chi connectivity index (χ3n) is 1.54. The molecule has 0 spiro atoms. The van der Waals surface area contributed by atoms with Gasteiger partial charge in [0, 0.05) is 0 Å². The van der Waals surface area contributed by atoms with Gasteiger partial charge in [0.05, 0.1) is 17.3 Å². The van der Waals surface area contributed by atoms with Gasteiger partial charge in [-0.2, -0.15) is 5.10 Å². The number of halogens is 1. The van der Waals surface area contributed by atoms with Crippen LogP contribution in [-0.4, -0.2) is 10.2 Å². The van der Waals surface area contributed by atoms with E-state index < -0.39 is 0 Å². The molecule has 0 radical (unpaired) electrons. The van der Waals surface area contributed by atoms with Gasteiger partial charge in [-0.1, -0.05) is 20.8 Å². The van der Waals surface area contributed by atoms with Gasteiger partial charge in [0.25, 0.3) is 0 Å². The van der Waals surface area contributed by atoms with Crippen LogP contribution in [0, 0.1) is 5.41 Å². The summed E-state index contributed by atoms with van der Waals surface area (Å²) in [7, 11) is 0. The van der Waals surface area contributed by atoms with Gasteiger partial charge in [0.15, 0.2) is 0 Å². The maximum absolute atomic E-state index is 5.64. The summed E-state index contributed by atoms with van der Waals surface area (Å²) in [6, 6.07) is 2.03. The van der Waals surface area contributed by atoms with Crippen molar-refractivity contribution in [3.63, 3.8) is 0 Å². The fourth-order valence-corrected chi connectivity index (χ4v) is 1.25. The number of alkyl halides is 1. The lowest BCUT2D eigenvalue weighted by atomic mass is 9.91. The quantitative estimate of drug-likeness (QED) is 0.707. The summed E-state index contributed by atoms with van der Waals surface area (Å²) in [5.41, 5.74) is 2.38. The van der Waals surface area contributed by atoms with Crippen molar-refractivity contribution in [1.29, 1.82) is 0 Å². The van der Waals surface area contributed by atoms with Crippen molar-refractivity contribution < 1.29 is 0 Å². The number of aromatic nitrogens is 2. The average molecular weight is 187 g/mol. The fourth-order valence-electron chi connectivity index (χ4n) is 1.11. The molecule has 0 saturated heterocycles. The summed E-state index contributed by atoms with van der Waals surface area (Å²) < 4.78 is 0. The molecule has 1 aromatic rings. The highest BCUT2D eigenvalue weighted by Gasteiger charge is 2.13. The number of aromatic amines is 1. The van der Waals surface area contributed by atoms with Gasteiger partial charge < -0.3 is 0 Å². The lowest BCUT2D eigenvalue weighted by molar-refractivity contribution is 0.406. The van der Waals surface area contributed by atoms with Gasteiger partial charge in [-0.3, -0.25) is 5.10 Å². The van der Waals surface area contributed by atoms with E-state index in [0.717, 1.165) is 17.8 Å². The molecule has 0 aliphatic carbocycles. The second kappa shape index (κ2) is 3.48. The van der Waals surface area contributed by atoms with Crippen LogP contribution in [0.3, 0.4) is 0 Å². The van der Waals surface area contributed by atoms with E-state index in [1.54, 1.807) is 0 Å². The molecule has 0 amide bonds. The van der Waals surface area contributed by atoms with Gasteiger partial charge in [-0.05, 0) is 17.9 Å². The topological polar surface area (TPSA) is 28.7 Å². The van der Waals surface area contributed by atoms with Crippen LogP contribution in [0.2, 0.25) is 0 Å². The highest BCUT2D eigenvalue weighted by Crippen LogP contribution is 2.19. The van der Waals surface area contributed by atoms with E-state index in [1.165, 1.54) is 0 Å². The molecular weight excluding hydrogens is 172 g/mol. The van der Waals surface area contributed by atoms with Gasteiger partial charge in [0.1, 0.15) is 0 Å². The van der Waals surface area contributed by atoms with Crippen molar-refractivity contribution >= 4 is 11.6 Å². The Morgan fingerprint density at radius 2 is 2.17 bits per heavy atom. The summed E-state index contributed by atoms with van der Waals surface area (Å²) in [6.07, 6.45) is 0.986. The van der Waals surface area contributed by atoms with Gasteiger partial charge in [-0.15, -0.1) is 11.6 Å². The number of hydrogen-bond acceptors (Lipinski definition) is 1. The highest BCUT2D eigenvalue weighted by molar-refractivity contribution is 6.16. The molecule has 2 nitrogen and oxygen atoms in total. The molecule has 0 aliphatic rings. The highest BCUT2D eigenvalue weighted by atomic mass is 35.5. The lowest BCUT2D eigenvalue weighted by Crippen LogP contribution is -2.09. The maximum atomic E-state index is 5.64. The van der Waals surface area contributed by atoms with Crippen molar-refractivity contribution in [1.82, 2.24) is 10.2 Å². The molecule has 0 saturated carbocycles. The largest absolute Gasteiger partial charge is 0.281 e. The minimum Gasteiger partial charge on any atom is -0.281 e. The van der Waals surface area contributed by atoms with Gasteiger partial charge >= 0.3 is 0 Å². The number of rotatable bonds is 2. The summed E-state index contributed by atoms with van der Waals surface area (Å²) >= 11 is 5.64. The molecule has 12 heavy (non-hydrogen) atoms. The monoisotopic (exact) mass is 186 g/mol. The van der Waals surface area contributed by atoms with Crippen molar-refractivity contribution in [3.05, 3.63) is 17.5 Å². The van der Waals surface area contributed by atoms with Crippen LogP contribution < -0.4 is 0 Å². The minimum atomic E-state index is 0.290. The van der Waals surface area contributed by atoms with E-state index >= 15 is 0 Å². The second-order valence-electron chi connectivity index (χ2n) is 4.26. The van der Waals surface area contributed by atoms with Crippen LogP contribution in [0.4, 0.5) is 0 Å². The fraction of sp³-hybridized carbons (Fsp3) is 0.667. The van der Waals surface area contributed by atoms with Crippen LogP contribution in [-0.2, 0) is 12.3 Å². The zero-order valence-corrected chi connectivity index (χ0v) is 8.57. The maximum Gasteiger partial charge on any atom is 0.0641 e. The van der Waals surface area contributed by atoms with E-state index in [4.69, 9.17) is 11.6 Å². The SMILES string of the molecule is CC(C)(C)Cc1cc(CCl)[nH]n1. The molecule has 3 heteroatoms. The molecule has 1 aromatic heterocycles. The Morgan fingerprint density at radius 3 is 2.58 bits per heavy atom. The Balaban J connectivity index is 2.64. The summed E-state index contributed by atoms with van der Waals surface area (Å²) in [6.45, 7) is 6.59. The minimum absolute atomic E-state index is 0.290. The molecule has 68 valence electrons. The Hall–Kier alpha value is -0.500. The van der Waals surface area contributed by atoms with Crippen molar-refractivity contribution in [2.75, 3.05) is 0 Å². The smallest absolute Gasteiger partial charge is 0.0641 e. The van der Waals surface area contributed by atoms with Gasteiger partial charge in [0.2, 0.25) is 0 Å². The molecule has 0 aromatic carbocycles. The number of nitrogens with one attached hydrogen (secondary N) is 1. The van der Waals surface area contributed by atoms with Crippen LogP contribution in [0.1, 0.15) is 32.2 Å². The van der Waals surface area contributed by atoms with Crippen LogP contribution in [0.25, 0.3) is 0 Å². The zero-order chi connectivity index (χ0) is 9.19. The Bertz CT molecular complexity index is 247. The average Bonchev–Trinajstić information content (AvgIpc) is 2.32. The molecule has 0 bridgehead atoms. The predicted molar refractivity (Wildman–Crippen MR) is 51.3 cm³/mol. The molecule has 0 aliphatic heterocycles. The number of nitrogens with zero attached hydrogens (tertiary/aromatic N) is 1. The van der Waals surface area contributed by atoms with Crippen molar-refractivity contribution in [2.45, 2.75) is 33.1 Å². The van der Waals surface area contributed by atoms with E-state index in [1.807, 2.05) is 6.07 Å². The molecule has 0 unspecified atom stereocenters. The number of hydrogen-bond donors (Lipinski definition) is 1. The third-order valence-corrected chi connectivity index (χ3v) is 1.83. The van der Waals surface area contributed by atoms with Crippen molar-refractivity contribution in [2.24, 2.45) is 5.41 Å². The van der Waals surface area contributed by atoms with E-state index in [-0.39, 0.29) is 0 Å². The Kier molecular flexibility index (Phi) is 2.78. The van der Waals surface area contributed by atoms with Crippen LogP contribution in [0.15, 0.2) is 6.07 Å².